The van der Waals surface area contributed by atoms with Gasteiger partial charge in [0.1, 0.15) is 6.04 Å². The van der Waals surface area contributed by atoms with Crippen LogP contribution < -0.4 is 5.32 Å². The molecule has 0 saturated carbocycles. The van der Waals surface area contributed by atoms with Crippen molar-refractivity contribution in [2.75, 3.05) is 12.3 Å². The van der Waals surface area contributed by atoms with Crippen LogP contribution in [0.25, 0.3) is 0 Å². The van der Waals surface area contributed by atoms with E-state index in [-0.39, 0.29) is 11.8 Å². The zero-order valence-electron chi connectivity index (χ0n) is 19.7. The Morgan fingerprint density at radius 1 is 0.941 bits per heavy atom. The van der Waals surface area contributed by atoms with E-state index in [1.165, 1.54) is 11.1 Å². The first-order chi connectivity index (χ1) is 16.5. The predicted octanol–water partition coefficient (Wildman–Crippen LogP) is 5.66. The summed E-state index contributed by atoms with van der Waals surface area (Å²) < 4.78 is 0. The number of rotatable bonds is 11. The summed E-state index contributed by atoms with van der Waals surface area (Å²) in [6.07, 6.45) is 0.453. The Labute approximate surface area is 211 Å². The third-order valence-electron chi connectivity index (χ3n) is 5.47. The van der Waals surface area contributed by atoms with Crippen LogP contribution in [0.5, 0.6) is 0 Å². The maximum absolute atomic E-state index is 13.5. The fraction of sp³-hybridized carbons (Fsp3) is 0.286. The van der Waals surface area contributed by atoms with Gasteiger partial charge in [0.25, 0.3) is 0 Å². The average Bonchev–Trinajstić information content (AvgIpc) is 2.83. The first kappa shape index (κ1) is 25.9. The van der Waals surface area contributed by atoms with Crippen molar-refractivity contribution in [3.8, 4) is 0 Å². The number of hydrogen-bond donors (Lipinski definition) is 1. The molecule has 178 valence electrons. The summed E-state index contributed by atoms with van der Waals surface area (Å²) in [6.45, 7) is 4.80. The van der Waals surface area contributed by atoms with Gasteiger partial charge in [-0.1, -0.05) is 83.9 Å². The molecule has 0 radical (unpaired) electrons. The van der Waals surface area contributed by atoms with Crippen LogP contribution in [0.4, 0.5) is 0 Å². The molecule has 0 bridgehead atoms. The van der Waals surface area contributed by atoms with E-state index in [0.29, 0.717) is 30.3 Å². The average molecular weight is 495 g/mol. The Hall–Kier alpha value is -2.76. The molecular weight excluding hydrogens is 464 g/mol. The second-order valence-electron chi connectivity index (χ2n) is 8.23. The van der Waals surface area contributed by atoms with Gasteiger partial charge in [0.15, 0.2) is 0 Å². The van der Waals surface area contributed by atoms with Gasteiger partial charge in [-0.15, -0.1) is 11.8 Å². The summed E-state index contributed by atoms with van der Waals surface area (Å²) >= 11 is 7.63. The lowest BCUT2D eigenvalue weighted by molar-refractivity contribution is -0.139. The maximum Gasteiger partial charge on any atom is 0.243 e. The van der Waals surface area contributed by atoms with Crippen LogP contribution >= 0.6 is 23.4 Å². The monoisotopic (exact) mass is 494 g/mol. The molecule has 0 spiro atoms. The Bertz CT molecular complexity index is 1070. The third kappa shape index (κ3) is 7.93. The maximum atomic E-state index is 13.5. The van der Waals surface area contributed by atoms with Crippen LogP contribution in [0.3, 0.4) is 0 Å². The number of hydrogen-bond acceptors (Lipinski definition) is 3. The first-order valence-electron chi connectivity index (χ1n) is 11.4. The van der Waals surface area contributed by atoms with Crippen molar-refractivity contribution in [2.45, 2.75) is 38.6 Å². The minimum atomic E-state index is -0.606. The molecular formula is C28H31ClN2O2S. The van der Waals surface area contributed by atoms with Gasteiger partial charge >= 0.3 is 0 Å². The lowest BCUT2D eigenvalue weighted by atomic mass is 10.0. The second kappa shape index (κ2) is 13.2. The molecule has 6 heteroatoms. The van der Waals surface area contributed by atoms with E-state index in [4.69, 9.17) is 11.6 Å². The largest absolute Gasteiger partial charge is 0.355 e. The SMILES string of the molecule is CCNC(=O)[C@H](Cc1ccccc1)N(Cc1ccc(Cl)cc1)C(=O)CSCc1cccc(C)c1. The van der Waals surface area contributed by atoms with Gasteiger partial charge in [-0.2, -0.15) is 0 Å². The highest BCUT2D eigenvalue weighted by atomic mass is 35.5. The second-order valence-corrected chi connectivity index (χ2v) is 9.65. The molecule has 3 rings (SSSR count). The number of halogens is 1. The van der Waals surface area contributed by atoms with Crippen molar-refractivity contribution in [3.05, 3.63) is 106 Å². The van der Waals surface area contributed by atoms with E-state index >= 15 is 0 Å². The summed E-state index contributed by atoms with van der Waals surface area (Å²) in [5.41, 5.74) is 4.34. The zero-order valence-corrected chi connectivity index (χ0v) is 21.2. The molecule has 3 aromatic carbocycles. The van der Waals surface area contributed by atoms with E-state index in [2.05, 4.69) is 30.4 Å². The molecule has 0 aliphatic carbocycles. The standard InChI is InChI=1S/C28H31ClN2O2S/c1-3-30-28(33)26(17-22-9-5-4-6-10-22)31(18-23-12-14-25(29)15-13-23)27(32)20-34-19-24-11-7-8-21(2)16-24/h4-16,26H,3,17-20H2,1-2H3,(H,30,33)/t26-/m0/s1. The molecule has 3 aromatic rings. The van der Waals surface area contributed by atoms with E-state index < -0.39 is 6.04 Å². The van der Waals surface area contributed by atoms with Crippen molar-refractivity contribution < 1.29 is 9.59 Å². The Morgan fingerprint density at radius 3 is 2.32 bits per heavy atom. The number of carbonyl (C=O) groups excluding carboxylic acids is 2. The molecule has 1 N–H and O–H groups in total. The number of thioether (sulfide) groups is 1. The van der Waals surface area contributed by atoms with Crippen LogP contribution in [0.15, 0.2) is 78.9 Å². The highest BCUT2D eigenvalue weighted by Crippen LogP contribution is 2.20. The lowest BCUT2D eigenvalue weighted by Gasteiger charge is -2.31. The molecule has 0 heterocycles. The zero-order chi connectivity index (χ0) is 24.3. The smallest absolute Gasteiger partial charge is 0.243 e. The Kier molecular flexibility index (Phi) is 10.0. The molecule has 1 atom stereocenters. The minimum Gasteiger partial charge on any atom is -0.355 e. The number of likely N-dealkylation sites (N-methyl/N-ethyl adjacent to an activating group) is 1. The number of nitrogens with one attached hydrogen (secondary N) is 1. The molecule has 0 fully saturated rings. The predicted molar refractivity (Wildman–Crippen MR) is 142 cm³/mol. The van der Waals surface area contributed by atoms with Gasteiger partial charge in [0.2, 0.25) is 11.8 Å². The number of amides is 2. The lowest BCUT2D eigenvalue weighted by Crippen LogP contribution is -2.51. The third-order valence-corrected chi connectivity index (χ3v) is 6.71. The van der Waals surface area contributed by atoms with Crippen LogP contribution in [-0.2, 0) is 28.3 Å². The van der Waals surface area contributed by atoms with Crippen LogP contribution in [0, 0.1) is 6.92 Å². The topological polar surface area (TPSA) is 49.4 Å². The first-order valence-corrected chi connectivity index (χ1v) is 13.0. The van der Waals surface area contributed by atoms with Crippen molar-refractivity contribution in [2.24, 2.45) is 0 Å². The van der Waals surface area contributed by atoms with Gasteiger partial charge in [0.05, 0.1) is 5.75 Å². The molecule has 34 heavy (non-hydrogen) atoms. The van der Waals surface area contributed by atoms with Crippen molar-refractivity contribution in [1.29, 1.82) is 0 Å². The van der Waals surface area contributed by atoms with Crippen LogP contribution in [0.1, 0.15) is 29.2 Å². The number of carbonyl (C=O) groups is 2. The van der Waals surface area contributed by atoms with E-state index in [0.717, 1.165) is 16.9 Å². The van der Waals surface area contributed by atoms with Crippen LogP contribution in [-0.4, -0.2) is 35.1 Å². The Balaban J connectivity index is 1.81. The number of nitrogens with zero attached hydrogens (tertiary/aromatic N) is 1. The van der Waals surface area contributed by atoms with Gasteiger partial charge in [-0.05, 0) is 42.7 Å². The van der Waals surface area contributed by atoms with Crippen molar-refractivity contribution in [3.63, 3.8) is 0 Å². The summed E-state index contributed by atoms with van der Waals surface area (Å²) in [6, 6.07) is 25.0. The Morgan fingerprint density at radius 2 is 1.65 bits per heavy atom. The fourth-order valence-electron chi connectivity index (χ4n) is 3.77. The van der Waals surface area contributed by atoms with Crippen molar-refractivity contribution >= 4 is 35.2 Å². The summed E-state index contributed by atoms with van der Waals surface area (Å²) in [5.74, 6) is 0.844. The van der Waals surface area contributed by atoms with Crippen molar-refractivity contribution in [1.82, 2.24) is 10.2 Å². The summed E-state index contributed by atoms with van der Waals surface area (Å²) in [5, 5.41) is 3.56. The molecule has 0 unspecified atom stereocenters. The molecule has 0 aromatic heterocycles. The molecule has 4 nitrogen and oxygen atoms in total. The minimum absolute atomic E-state index is 0.0558. The molecule has 2 amide bonds. The highest BCUT2D eigenvalue weighted by Gasteiger charge is 2.30. The van der Waals surface area contributed by atoms with Gasteiger partial charge in [-0.3, -0.25) is 9.59 Å². The molecule has 0 aliphatic rings. The highest BCUT2D eigenvalue weighted by molar-refractivity contribution is 7.99. The van der Waals surface area contributed by atoms with E-state index in [1.54, 1.807) is 16.7 Å². The number of benzene rings is 3. The van der Waals surface area contributed by atoms with Gasteiger partial charge in [0, 0.05) is 30.3 Å². The van der Waals surface area contributed by atoms with Gasteiger partial charge in [-0.25, -0.2) is 0 Å². The number of aryl methyl sites for hydroxylation is 1. The molecule has 0 saturated heterocycles. The van der Waals surface area contributed by atoms with E-state index in [9.17, 15) is 9.59 Å². The quantitative estimate of drug-likeness (QED) is 0.374. The van der Waals surface area contributed by atoms with Crippen LogP contribution in [0.2, 0.25) is 5.02 Å². The fourth-order valence-corrected chi connectivity index (χ4v) is 4.76. The summed E-state index contributed by atoms with van der Waals surface area (Å²) in [7, 11) is 0. The molecule has 0 aliphatic heterocycles. The summed E-state index contributed by atoms with van der Waals surface area (Å²) in [4.78, 5) is 28.4. The van der Waals surface area contributed by atoms with Gasteiger partial charge < -0.3 is 10.2 Å². The normalized spacial score (nSPS) is 11.6. The van der Waals surface area contributed by atoms with E-state index in [1.807, 2.05) is 67.6 Å².